The summed E-state index contributed by atoms with van der Waals surface area (Å²) in [7, 11) is 0. The Bertz CT molecular complexity index is 6250. The molecule has 0 aliphatic heterocycles. The summed E-state index contributed by atoms with van der Waals surface area (Å²) in [6.45, 7) is 0. The average Bonchev–Trinajstić information content (AvgIpc) is 0.747. The normalized spacial score (nSPS) is 11.5. The van der Waals surface area contributed by atoms with Crippen LogP contribution in [-0.4, -0.2) is 19.9 Å². The SMILES string of the molecule is c1ccc2cc(-c3cc(-c4ccc(-c5ccnc6ccccc56)cc4)c4cc(-c5ccc6ccccc6c5)c5ccccc5c4n3)ccc2c1.c1ccc2cc(-c3cc(-c4ccc(-c5ccncc5)cc4)c4cc(-c5ccc6ccccc6c5)c5ccccc5c4n3)ccc2c1. The zero-order valence-corrected chi connectivity index (χ0v) is 52.3. The van der Waals surface area contributed by atoms with E-state index in [1.807, 2.05) is 24.7 Å². The molecule has 4 heterocycles. The van der Waals surface area contributed by atoms with E-state index in [2.05, 4.69) is 338 Å². The standard InChI is InChI=1S/C48H30N2.C44H28N2/c1-3-11-35-27-37(23-17-31(35)9-1)43-29-45-44(34-21-19-33(20-22-34)39-25-26-49-46-16-8-7-14-41(39)46)30-47(50-48(45)42-15-6-5-13-40(42)43)38-24-18-32-10-2-4-12-36(32)28-38;1-3-9-34-25-36(19-15-29(34)7-1)40-27-42-41(33-17-13-31(14-18-33)32-21-23-45-24-22-32)28-43(46-44(42)39-12-6-5-11-38(39)40)37-20-16-30-8-2-4-10-35(30)26-37/h1-30H;1-28H. The molecule has 0 saturated heterocycles. The van der Waals surface area contributed by atoms with Crippen LogP contribution in [-0.2, 0) is 0 Å². The number of nitrogens with zero attached hydrogens (tertiary/aromatic N) is 4. The number of hydrogen-bond donors (Lipinski definition) is 0. The van der Waals surface area contributed by atoms with Gasteiger partial charge in [0.05, 0.1) is 27.9 Å². The molecule has 0 radical (unpaired) electrons. The number of aromatic nitrogens is 4. The molecule has 4 nitrogen and oxygen atoms in total. The van der Waals surface area contributed by atoms with Crippen molar-refractivity contribution in [2.45, 2.75) is 0 Å². The molecule has 0 spiro atoms. The van der Waals surface area contributed by atoms with E-state index < -0.39 is 0 Å². The van der Waals surface area contributed by atoms with Gasteiger partial charge in [-0.15, -0.1) is 0 Å². The topological polar surface area (TPSA) is 51.6 Å². The van der Waals surface area contributed by atoms with E-state index in [-0.39, 0.29) is 0 Å². The first-order valence-electron chi connectivity index (χ1n) is 32.7. The maximum absolute atomic E-state index is 5.44. The van der Waals surface area contributed by atoms with Gasteiger partial charge in [0.25, 0.3) is 0 Å². The number of pyridine rings is 4. The molecule has 0 aliphatic rings. The van der Waals surface area contributed by atoms with Gasteiger partial charge in [-0.25, -0.2) is 9.97 Å². The molecule has 0 aliphatic carbocycles. The van der Waals surface area contributed by atoms with Gasteiger partial charge in [-0.1, -0.05) is 261 Å². The largest absolute Gasteiger partial charge is 0.265 e. The molecule has 0 N–H and O–H groups in total. The molecule has 446 valence electrons. The molecule has 96 heavy (non-hydrogen) atoms. The molecule has 0 atom stereocenters. The Morgan fingerprint density at radius 3 is 0.948 bits per heavy atom. The number of para-hydroxylation sites is 1. The molecule has 19 rings (SSSR count). The Morgan fingerprint density at radius 1 is 0.177 bits per heavy atom. The molecule has 4 aromatic heterocycles. The van der Waals surface area contributed by atoms with E-state index in [4.69, 9.17) is 9.97 Å². The fourth-order valence-corrected chi connectivity index (χ4v) is 14.3. The second kappa shape index (κ2) is 23.7. The van der Waals surface area contributed by atoms with Crippen molar-refractivity contribution in [1.29, 1.82) is 0 Å². The summed E-state index contributed by atoms with van der Waals surface area (Å²) in [6, 6.07) is 120. The lowest BCUT2D eigenvalue weighted by molar-refractivity contribution is 1.33. The molecular weight excluding hydrogens is 1160 g/mol. The first-order valence-corrected chi connectivity index (χ1v) is 32.7. The summed E-state index contributed by atoms with van der Waals surface area (Å²) in [5.41, 5.74) is 21.3. The summed E-state index contributed by atoms with van der Waals surface area (Å²) < 4.78 is 0. The monoisotopic (exact) mass is 1220 g/mol. The van der Waals surface area contributed by atoms with E-state index in [9.17, 15) is 0 Å². The van der Waals surface area contributed by atoms with Gasteiger partial charge in [0.2, 0.25) is 0 Å². The van der Waals surface area contributed by atoms with E-state index in [0.29, 0.717) is 0 Å². The van der Waals surface area contributed by atoms with Crippen LogP contribution in [0.1, 0.15) is 0 Å². The third-order valence-electron chi connectivity index (χ3n) is 19.2. The predicted molar refractivity (Wildman–Crippen MR) is 405 cm³/mol. The summed E-state index contributed by atoms with van der Waals surface area (Å²) in [4.78, 5) is 19.6. The van der Waals surface area contributed by atoms with Crippen LogP contribution < -0.4 is 0 Å². The third kappa shape index (κ3) is 10.2. The van der Waals surface area contributed by atoms with Gasteiger partial charge in [-0.05, 0) is 193 Å². The lowest BCUT2D eigenvalue weighted by atomic mass is 9.90. The zero-order chi connectivity index (χ0) is 63.5. The van der Waals surface area contributed by atoms with Crippen LogP contribution >= 0.6 is 0 Å². The van der Waals surface area contributed by atoms with Crippen molar-refractivity contribution in [2.24, 2.45) is 0 Å². The van der Waals surface area contributed by atoms with Gasteiger partial charge in [0.15, 0.2) is 0 Å². The van der Waals surface area contributed by atoms with Crippen molar-refractivity contribution >= 4 is 97.3 Å². The van der Waals surface area contributed by atoms with Crippen molar-refractivity contribution in [3.8, 4) is 89.3 Å². The van der Waals surface area contributed by atoms with E-state index in [1.54, 1.807) is 0 Å². The zero-order valence-electron chi connectivity index (χ0n) is 52.3. The van der Waals surface area contributed by atoms with Crippen LogP contribution in [0.25, 0.3) is 187 Å². The summed E-state index contributed by atoms with van der Waals surface area (Å²) in [5.74, 6) is 0. The van der Waals surface area contributed by atoms with Gasteiger partial charge in [0, 0.05) is 56.6 Å². The molecule has 0 bridgehead atoms. The van der Waals surface area contributed by atoms with Gasteiger partial charge < -0.3 is 0 Å². The fraction of sp³-hybridized carbons (Fsp3) is 0. The number of rotatable bonds is 8. The van der Waals surface area contributed by atoms with Crippen LogP contribution in [0.5, 0.6) is 0 Å². The van der Waals surface area contributed by atoms with E-state index in [0.717, 1.165) is 88.2 Å². The highest BCUT2D eigenvalue weighted by atomic mass is 14.7. The lowest BCUT2D eigenvalue weighted by Crippen LogP contribution is -1.94. The van der Waals surface area contributed by atoms with Crippen LogP contribution in [0.2, 0.25) is 0 Å². The molecule has 15 aromatic carbocycles. The molecule has 4 heteroatoms. The number of benzene rings is 15. The maximum Gasteiger partial charge on any atom is 0.0794 e. The van der Waals surface area contributed by atoms with Crippen molar-refractivity contribution in [3.63, 3.8) is 0 Å². The van der Waals surface area contributed by atoms with E-state index in [1.165, 1.54) is 98.4 Å². The smallest absolute Gasteiger partial charge is 0.0794 e. The van der Waals surface area contributed by atoms with Crippen LogP contribution in [0.3, 0.4) is 0 Å². The van der Waals surface area contributed by atoms with E-state index >= 15 is 0 Å². The predicted octanol–water partition coefficient (Wildman–Crippen LogP) is 24.7. The average molecular weight is 1220 g/mol. The highest BCUT2D eigenvalue weighted by molar-refractivity contribution is 6.18. The van der Waals surface area contributed by atoms with Gasteiger partial charge in [0.1, 0.15) is 0 Å². The minimum absolute atomic E-state index is 0.964. The van der Waals surface area contributed by atoms with Crippen molar-refractivity contribution < 1.29 is 0 Å². The Balaban J connectivity index is 0.000000141. The molecule has 19 aromatic rings. The number of hydrogen-bond acceptors (Lipinski definition) is 4. The Kier molecular flexibility index (Phi) is 13.8. The fourth-order valence-electron chi connectivity index (χ4n) is 14.3. The molecule has 0 amide bonds. The van der Waals surface area contributed by atoms with Crippen LogP contribution in [0.4, 0.5) is 0 Å². The molecular formula is C92H58N4. The van der Waals surface area contributed by atoms with Gasteiger partial charge >= 0.3 is 0 Å². The highest BCUT2D eigenvalue weighted by Gasteiger charge is 2.20. The molecule has 0 fully saturated rings. The van der Waals surface area contributed by atoms with Crippen LogP contribution in [0.15, 0.2) is 352 Å². The van der Waals surface area contributed by atoms with Crippen molar-refractivity contribution in [1.82, 2.24) is 19.9 Å². The third-order valence-corrected chi connectivity index (χ3v) is 19.2. The molecule has 0 saturated carbocycles. The minimum atomic E-state index is 0.964. The minimum Gasteiger partial charge on any atom is -0.265 e. The number of fused-ring (bicyclic) bond motifs is 11. The summed E-state index contributed by atoms with van der Waals surface area (Å²) >= 11 is 0. The Morgan fingerprint density at radius 2 is 0.500 bits per heavy atom. The molecule has 0 unspecified atom stereocenters. The Labute approximate surface area is 555 Å². The Hall–Kier alpha value is -12.8. The van der Waals surface area contributed by atoms with Crippen LogP contribution in [0, 0.1) is 0 Å². The first-order chi connectivity index (χ1) is 47.5. The quantitative estimate of drug-likeness (QED) is 0.142. The first kappa shape index (κ1) is 56.0. The summed E-state index contributed by atoms with van der Waals surface area (Å²) in [6.07, 6.45) is 5.58. The highest BCUT2D eigenvalue weighted by Crippen LogP contribution is 2.44. The second-order valence-corrected chi connectivity index (χ2v) is 24.9. The van der Waals surface area contributed by atoms with Crippen molar-refractivity contribution in [3.05, 3.63) is 352 Å². The summed E-state index contributed by atoms with van der Waals surface area (Å²) in [5, 5.41) is 18.0. The van der Waals surface area contributed by atoms with Gasteiger partial charge in [-0.3, -0.25) is 9.97 Å². The maximum atomic E-state index is 5.44. The van der Waals surface area contributed by atoms with Gasteiger partial charge in [-0.2, -0.15) is 0 Å². The second-order valence-electron chi connectivity index (χ2n) is 24.9. The lowest BCUT2D eigenvalue weighted by Gasteiger charge is -2.16. The van der Waals surface area contributed by atoms with Crippen molar-refractivity contribution in [2.75, 3.05) is 0 Å².